The number of likely N-dealkylation sites (N-methyl/N-ethyl adjacent to an activating group) is 1. The van der Waals surface area contributed by atoms with Crippen LogP contribution in [0.2, 0.25) is 0 Å². The Morgan fingerprint density at radius 3 is 2.77 bits per heavy atom. The number of aryl methyl sites for hydroxylation is 1. The fraction of sp³-hybridized carbons (Fsp3) is 0.500. The van der Waals surface area contributed by atoms with Crippen LogP contribution < -0.4 is 4.90 Å². The Hall–Kier alpha value is -1.92. The minimum absolute atomic E-state index is 0.111. The Kier molecular flexibility index (Phi) is 5.22. The molecule has 2 aliphatic heterocycles. The summed E-state index contributed by atoms with van der Waals surface area (Å²) in [6.45, 7) is 5.50. The van der Waals surface area contributed by atoms with Crippen molar-refractivity contribution in [3.05, 3.63) is 45.8 Å². The van der Waals surface area contributed by atoms with Crippen molar-refractivity contribution in [2.45, 2.75) is 25.8 Å². The molecular formula is C20H26N4OS. The maximum atomic E-state index is 13.0. The predicted molar refractivity (Wildman–Crippen MR) is 106 cm³/mol. The zero-order chi connectivity index (χ0) is 17.9. The molecule has 5 nitrogen and oxygen atoms in total. The lowest BCUT2D eigenvalue weighted by atomic mass is 10.1. The second-order valence-electron chi connectivity index (χ2n) is 7.23. The zero-order valence-corrected chi connectivity index (χ0v) is 16.2. The highest BCUT2D eigenvalue weighted by molar-refractivity contribution is 7.14. The van der Waals surface area contributed by atoms with Crippen LogP contribution in [0.1, 0.15) is 33.1 Å². The third-order valence-electron chi connectivity index (χ3n) is 5.21. The molecule has 0 aliphatic carbocycles. The third-order valence-corrected chi connectivity index (χ3v) is 6.31. The molecule has 26 heavy (non-hydrogen) atoms. The first-order valence-corrected chi connectivity index (χ1v) is 10.3. The summed E-state index contributed by atoms with van der Waals surface area (Å²) in [5, 5.41) is 0.666. The SMILES string of the molecule is CN1CCCN(C(=O)c2nc3c(s2)CCCN3Cc2ccccc2)CC1. The lowest BCUT2D eigenvalue weighted by molar-refractivity contribution is 0.0762. The molecule has 1 fully saturated rings. The van der Waals surface area contributed by atoms with Crippen LogP contribution in [0.5, 0.6) is 0 Å². The van der Waals surface area contributed by atoms with E-state index in [0.717, 1.165) is 64.3 Å². The van der Waals surface area contributed by atoms with Gasteiger partial charge in [0.2, 0.25) is 0 Å². The second kappa shape index (κ2) is 7.76. The minimum Gasteiger partial charge on any atom is -0.351 e. The van der Waals surface area contributed by atoms with Gasteiger partial charge in [-0.1, -0.05) is 30.3 Å². The summed E-state index contributed by atoms with van der Waals surface area (Å²) in [7, 11) is 2.12. The molecule has 0 saturated carbocycles. The Morgan fingerprint density at radius 1 is 1.08 bits per heavy atom. The van der Waals surface area contributed by atoms with Gasteiger partial charge in [0.25, 0.3) is 5.91 Å². The van der Waals surface area contributed by atoms with E-state index in [1.165, 1.54) is 10.4 Å². The highest BCUT2D eigenvalue weighted by Crippen LogP contribution is 2.33. The lowest BCUT2D eigenvalue weighted by Gasteiger charge is -2.27. The van der Waals surface area contributed by atoms with Crippen LogP contribution in [0.15, 0.2) is 30.3 Å². The average molecular weight is 371 g/mol. The molecule has 1 aromatic carbocycles. The van der Waals surface area contributed by atoms with Crippen molar-refractivity contribution in [3.8, 4) is 0 Å². The molecule has 1 saturated heterocycles. The molecular weight excluding hydrogens is 344 g/mol. The number of aromatic nitrogens is 1. The predicted octanol–water partition coefficient (Wildman–Crippen LogP) is 2.87. The van der Waals surface area contributed by atoms with Gasteiger partial charge in [0.05, 0.1) is 0 Å². The van der Waals surface area contributed by atoms with Crippen LogP contribution in [-0.2, 0) is 13.0 Å². The van der Waals surface area contributed by atoms with Crippen molar-refractivity contribution >= 4 is 23.1 Å². The number of hydrogen-bond acceptors (Lipinski definition) is 5. The molecule has 3 heterocycles. The van der Waals surface area contributed by atoms with Gasteiger partial charge in [-0.25, -0.2) is 4.98 Å². The maximum Gasteiger partial charge on any atom is 0.282 e. The Bertz CT molecular complexity index is 760. The van der Waals surface area contributed by atoms with Crippen LogP contribution in [0.25, 0.3) is 0 Å². The van der Waals surface area contributed by atoms with Crippen molar-refractivity contribution in [2.24, 2.45) is 0 Å². The van der Waals surface area contributed by atoms with E-state index in [2.05, 4.69) is 41.1 Å². The Morgan fingerprint density at radius 2 is 1.92 bits per heavy atom. The largest absolute Gasteiger partial charge is 0.351 e. The van der Waals surface area contributed by atoms with Crippen molar-refractivity contribution in [3.63, 3.8) is 0 Å². The first-order chi connectivity index (χ1) is 12.7. The molecule has 0 spiro atoms. The number of hydrogen-bond donors (Lipinski definition) is 0. The second-order valence-corrected chi connectivity index (χ2v) is 8.31. The van der Waals surface area contributed by atoms with Gasteiger partial charge >= 0.3 is 0 Å². The fourth-order valence-electron chi connectivity index (χ4n) is 3.72. The first-order valence-electron chi connectivity index (χ1n) is 9.47. The van der Waals surface area contributed by atoms with Crippen LogP contribution in [0.4, 0.5) is 5.82 Å². The third kappa shape index (κ3) is 3.76. The Labute approximate surface area is 159 Å². The fourth-order valence-corrected chi connectivity index (χ4v) is 4.82. The summed E-state index contributed by atoms with van der Waals surface area (Å²) in [6.07, 6.45) is 3.20. The van der Waals surface area contributed by atoms with Crippen molar-refractivity contribution in [1.82, 2.24) is 14.8 Å². The van der Waals surface area contributed by atoms with E-state index < -0.39 is 0 Å². The first kappa shape index (κ1) is 17.5. The molecule has 1 aromatic heterocycles. The Balaban J connectivity index is 1.52. The van der Waals surface area contributed by atoms with Crippen LogP contribution in [0.3, 0.4) is 0 Å². The topological polar surface area (TPSA) is 39.7 Å². The molecule has 4 rings (SSSR count). The summed E-state index contributed by atoms with van der Waals surface area (Å²) in [6, 6.07) is 10.5. The number of nitrogens with zero attached hydrogens (tertiary/aromatic N) is 4. The van der Waals surface area contributed by atoms with Crippen LogP contribution in [0, 0.1) is 0 Å². The quantitative estimate of drug-likeness (QED) is 0.833. The van der Waals surface area contributed by atoms with Gasteiger partial charge in [0.1, 0.15) is 5.82 Å². The van der Waals surface area contributed by atoms with Crippen molar-refractivity contribution < 1.29 is 4.79 Å². The number of thiazole rings is 1. The molecule has 0 atom stereocenters. The van der Waals surface area contributed by atoms with Gasteiger partial charge in [0.15, 0.2) is 5.01 Å². The number of rotatable bonds is 3. The van der Waals surface area contributed by atoms with E-state index in [1.807, 2.05) is 11.0 Å². The summed E-state index contributed by atoms with van der Waals surface area (Å²) >= 11 is 1.60. The van der Waals surface area contributed by atoms with Crippen LogP contribution in [-0.4, -0.2) is 60.5 Å². The summed E-state index contributed by atoms with van der Waals surface area (Å²) < 4.78 is 0. The van der Waals surface area contributed by atoms with E-state index in [4.69, 9.17) is 4.98 Å². The molecule has 2 aromatic rings. The van der Waals surface area contributed by atoms with Gasteiger partial charge in [-0.3, -0.25) is 4.79 Å². The number of fused-ring (bicyclic) bond motifs is 1. The van der Waals surface area contributed by atoms with Crippen LogP contribution >= 0.6 is 11.3 Å². The monoisotopic (exact) mass is 370 g/mol. The van der Waals surface area contributed by atoms with Gasteiger partial charge in [-0.15, -0.1) is 11.3 Å². The summed E-state index contributed by atoms with van der Waals surface area (Å²) in [5.74, 6) is 1.14. The molecule has 2 aliphatic rings. The van der Waals surface area contributed by atoms with E-state index in [0.29, 0.717) is 5.01 Å². The zero-order valence-electron chi connectivity index (χ0n) is 15.4. The van der Waals surface area contributed by atoms with Gasteiger partial charge < -0.3 is 14.7 Å². The molecule has 0 bridgehead atoms. The highest BCUT2D eigenvalue weighted by Gasteiger charge is 2.27. The van der Waals surface area contributed by atoms with Gasteiger partial charge in [-0.2, -0.15) is 0 Å². The lowest BCUT2D eigenvalue weighted by Crippen LogP contribution is -2.34. The van der Waals surface area contributed by atoms with E-state index in [1.54, 1.807) is 11.3 Å². The highest BCUT2D eigenvalue weighted by atomic mass is 32.1. The van der Waals surface area contributed by atoms with Gasteiger partial charge in [0, 0.05) is 37.6 Å². The number of benzene rings is 1. The normalized spacial score (nSPS) is 18.5. The molecule has 0 N–H and O–H groups in total. The minimum atomic E-state index is 0.111. The van der Waals surface area contributed by atoms with E-state index >= 15 is 0 Å². The average Bonchev–Trinajstić information content (AvgIpc) is 2.99. The molecule has 1 amide bonds. The molecule has 138 valence electrons. The van der Waals surface area contributed by atoms with E-state index in [9.17, 15) is 4.79 Å². The van der Waals surface area contributed by atoms with Crippen molar-refractivity contribution in [2.75, 3.05) is 44.7 Å². The van der Waals surface area contributed by atoms with E-state index in [-0.39, 0.29) is 5.91 Å². The molecule has 0 unspecified atom stereocenters. The number of carbonyl (C=O) groups is 1. The van der Waals surface area contributed by atoms with Crippen molar-refractivity contribution in [1.29, 1.82) is 0 Å². The van der Waals surface area contributed by atoms with Gasteiger partial charge in [-0.05, 0) is 38.4 Å². The number of amides is 1. The standard InChI is InChI=1S/C20H26N4OS/c1-22-10-6-12-23(14-13-22)20(25)19-21-18-17(26-19)9-5-11-24(18)15-16-7-3-2-4-8-16/h2-4,7-8H,5-6,9-15H2,1H3. The smallest absolute Gasteiger partial charge is 0.282 e. The molecule has 6 heteroatoms. The summed E-state index contributed by atoms with van der Waals surface area (Å²) in [5.41, 5.74) is 1.29. The maximum absolute atomic E-state index is 13.0. The molecule has 0 radical (unpaired) electrons. The number of carbonyl (C=O) groups excluding carboxylic acids is 1. The number of anilines is 1. The summed E-state index contributed by atoms with van der Waals surface area (Å²) in [4.78, 5) is 25.6.